The van der Waals surface area contributed by atoms with Gasteiger partial charge >= 0.3 is 0 Å². The number of benzene rings is 2. The Kier molecular flexibility index (Phi) is 6.39. The molecular weight excluding hydrogens is 372 g/mol. The van der Waals surface area contributed by atoms with E-state index in [-0.39, 0.29) is 10.8 Å². The summed E-state index contributed by atoms with van der Waals surface area (Å²) in [5.41, 5.74) is 2.15. The van der Waals surface area contributed by atoms with E-state index in [9.17, 15) is 13.2 Å². The van der Waals surface area contributed by atoms with E-state index < -0.39 is 10.0 Å². The fourth-order valence-electron chi connectivity index (χ4n) is 3.45. The molecule has 0 aromatic heterocycles. The predicted molar refractivity (Wildman–Crippen MR) is 112 cm³/mol. The van der Waals surface area contributed by atoms with Crippen LogP contribution in [0.25, 0.3) is 0 Å². The van der Waals surface area contributed by atoms with Crippen molar-refractivity contribution in [3.8, 4) is 0 Å². The summed E-state index contributed by atoms with van der Waals surface area (Å²) in [5, 5.41) is 0. The average molecular weight is 401 g/mol. The zero-order valence-electron chi connectivity index (χ0n) is 16.5. The molecule has 28 heavy (non-hydrogen) atoms. The Morgan fingerprint density at radius 1 is 0.964 bits per heavy atom. The van der Waals surface area contributed by atoms with Gasteiger partial charge in [-0.3, -0.25) is 9.52 Å². The second-order valence-electron chi connectivity index (χ2n) is 7.78. The van der Waals surface area contributed by atoms with E-state index in [4.69, 9.17) is 0 Å². The molecule has 2 aromatic rings. The van der Waals surface area contributed by atoms with Crippen LogP contribution in [-0.2, 0) is 16.4 Å². The molecule has 5 nitrogen and oxygen atoms in total. The van der Waals surface area contributed by atoms with Crippen LogP contribution in [-0.4, -0.2) is 32.3 Å². The molecule has 1 amide bonds. The van der Waals surface area contributed by atoms with Crippen molar-refractivity contribution < 1.29 is 13.2 Å². The first-order valence-electron chi connectivity index (χ1n) is 9.86. The largest absolute Gasteiger partial charge is 0.339 e. The van der Waals surface area contributed by atoms with E-state index in [0.29, 0.717) is 17.2 Å². The molecule has 2 aromatic carbocycles. The van der Waals surface area contributed by atoms with Gasteiger partial charge in [-0.15, -0.1) is 0 Å². The van der Waals surface area contributed by atoms with E-state index in [1.54, 1.807) is 36.4 Å². The minimum absolute atomic E-state index is 0.00912. The van der Waals surface area contributed by atoms with Crippen molar-refractivity contribution in [1.82, 2.24) is 4.90 Å². The first-order valence-corrected chi connectivity index (χ1v) is 11.3. The van der Waals surface area contributed by atoms with Crippen LogP contribution in [0.1, 0.15) is 49.0 Å². The van der Waals surface area contributed by atoms with Gasteiger partial charge in [0.15, 0.2) is 0 Å². The van der Waals surface area contributed by atoms with Gasteiger partial charge in [0.25, 0.3) is 15.9 Å². The van der Waals surface area contributed by atoms with Gasteiger partial charge in [-0.25, -0.2) is 8.42 Å². The van der Waals surface area contributed by atoms with Crippen LogP contribution in [0.4, 0.5) is 5.69 Å². The smallest absolute Gasteiger partial charge is 0.261 e. The second kappa shape index (κ2) is 8.78. The number of hydrogen-bond donors (Lipinski definition) is 1. The van der Waals surface area contributed by atoms with Gasteiger partial charge in [-0.2, -0.15) is 0 Å². The minimum atomic E-state index is -3.66. The van der Waals surface area contributed by atoms with Crippen molar-refractivity contribution in [2.45, 2.75) is 44.4 Å². The molecule has 1 aliphatic heterocycles. The highest BCUT2D eigenvalue weighted by molar-refractivity contribution is 7.92. The Bertz CT molecular complexity index is 898. The average Bonchev–Trinajstić information content (AvgIpc) is 2.68. The molecule has 1 aliphatic rings. The maximum atomic E-state index is 12.6. The number of amides is 1. The maximum Gasteiger partial charge on any atom is 0.261 e. The van der Waals surface area contributed by atoms with E-state index >= 15 is 0 Å². The highest BCUT2D eigenvalue weighted by Gasteiger charge is 2.19. The summed E-state index contributed by atoms with van der Waals surface area (Å²) in [6.07, 6.45) is 4.17. The van der Waals surface area contributed by atoms with Crippen molar-refractivity contribution in [3.05, 3.63) is 59.7 Å². The quantitative estimate of drug-likeness (QED) is 0.786. The van der Waals surface area contributed by atoms with E-state index in [2.05, 4.69) is 18.6 Å². The number of carbonyl (C=O) groups excluding carboxylic acids is 1. The number of likely N-dealkylation sites (tertiary alicyclic amines) is 1. The van der Waals surface area contributed by atoms with Gasteiger partial charge in [0.05, 0.1) is 4.90 Å². The van der Waals surface area contributed by atoms with Gasteiger partial charge in [-0.1, -0.05) is 26.0 Å². The van der Waals surface area contributed by atoms with Crippen molar-refractivity contribution in [2.24, 2.45) is 5.92 Å². The first kappa shape index (κ1) is 20.4. The zero-order chi connectivity index (χ0) is 20.1. The standard InChI is InChI=1S/C22H28N2O3S/c1-17(2)16-18-6-12-21(13-7-18)28(26,27)23-20-10-8-19(9-11-20)22(25)24-14-4-3-5-15-24/h6-13,17,23H,3-5,14-16H2,1-2H3. The fraction of sp³-hybridized carbons (Fsp3) is 0.409. The Hall–Kier alpha value is -2.34. The number of hydrogen-bond acceptors (Lipinski definition) is 3. The molecule has 0 atom stereocenters. The van der Waals surface area contributed by atoms with E-state index in [0.717, 1.165) is 37.9 Å². The number of sulfonamides is 1. The van der Waals surface area contributed by atoms with Gasteiger partial charge in [0.2, 0.25) is 0 Å². The summed E-state index contributed by atoms with van der Waals surface area (Å²) in [5.74, 6) is 0.529. The van der Waals surface area contributed by atoms with Gasteiger partial charge in [0, 0.05) is 24.3 Å². The molecule has 0 aliphatic carbocycles. The molecule has 0 bridgehead atoms. The molecule has 0 saturated carbocycles. The van der Waals surface area contributed by atoms with Crippen molar-refractivity contribution in [1.29, 1.82) is 0 Å². The molecule has 0 spiro atoms. The van der Waals surface area contributed by atoms with E-state index in [1.165, 1.54) is 6.42 Å². The molecular formula is C22H28N2O3S. The zero-order valence-corrected chi connectivity index (χ0v) is 17.3. The van der Waals surface area contributed by atoms with Crippen LogP contribution in [0.5, 0.6) is 0 Å². The molecule has 6 heteroatoms. The third-order valence-corrected chi connectivity index (χ3v) is 6.30. The normalized spacial score (nSPS) is 14.9. The van der Waals surface area contributed by atoms with Gasteiger partial charge < -0.3 is 4.90 Å². The van der Waals surface area contributed by atoms with E-state index in [1.807, 2.05) is 17.0 Å². The molecule has 3 rings (SSSR count). The Morgan fingerprint density at radius 2 is 1.57 bits per heavy atom. The number of carbonyl (C=O) groups is 1. The third kappa shape index (κ3) is 5.13. The number of rotatable bonds is 6. The fourth-order valence-corrected chi connectivity index (χ4v) is 4.51. The van der Waals surface area contributed by atoms with Gasteiger partial charge in [-0.05, 0) is 73.6 Å². The first-order chi connectivity index (χ1) is 13.3. The molecule has 150 valence electrons. The van der Waals surface area contributed by atoms with Crippen LogP contribution in [0.3, 0.4) is 0 Å². The predicted octanol–water partition coefficient (Wildman–Crippen LogP) is 4.31. The lowest BCUT2D eigenvalue weighted by Gasteiger charge is -2.26. The Balaban J connectivity index is 1.67. The molecule has 0 radical (unpaired) electrons. The molecule has 1 saturated heterocycles. The van der Waals surface area contributed by atoms with Crippen molar-refractivity contribution in [2.75, 3.05) is 17.8 Å². The van der Waals surface area contributed by atoms with Crippen molar-refractivity contribution in [3.63, 3.8) is 0 Å². The van der Waals surface area contributed by atoms with Crippen LogP contribution >= 0.6 is 0 Å². The second-order valence-corrected chi connectivity index (χ2v) is 9.46. The highest BCUT2D eigenvalue weighted by atomic mass is 32.2. The molecule has 0 unspecified atom stereocenters. The topological polar surface area (TPSA) is 66.5 Å². The molecule has 1 fully saturated rings. The summed E-state index contributed by atoms with van der Waals surface area (Å²) in [6, 6.07) is 13.6. The summed E-state index contributed by atoms with van der Waals surface area (Å²) in [7, 11) is -3.66. The molecule has 1 heterocycles. The Labute approximate surface area is 167 Å². The summed E-state index contributed by atoms with van der Waals surface area (Å²) >= 11 is 0. The lowest BCUT2D eigenvalue weighted by Crippen LogP contribution is -2.35. The van der Waals surface area contributed by atoms with Crippen molar-refractivity contribution >= 4 is 21.6 Å². The Morgan fingerprint density at radius 3 is 2.14 bits per heavy atom. The lowest BCUT2D eigenvalue weighted by molar-refractivity contribution is 0.0724. The third-order valence-electron chi connectivity index (χ3n) is 4.90. The maximum absolute atomic E-state index is 12.6. The number of piperidine rings is 1. The number of nitrogens with zero attached hydrogens (tertiary/aromatic N) is 1. The lowest BCUT2D eigenvalue weighted by atomic mass is 10.0. The van der Waals surface area contributed by atoms with Crippen LogP contribution in [0, 0.1) is 5.92 Å². The van der Waals surface area contributed by atoms with Crippen LogP contribution in [0.15, 0.2) is 53.4 Å². The van der Waals surface area contributed by atoms with Gasteiger partial charge in [0.1, 0.15) is 0 Å². The number of nitrogens with one attached hydrogen (secondary N) is 1. The molecule has 1 N–H and O–H groups in total. The summed E-state index contributed by atoms with van der Waals surface area (Å²) in [6.45, 7) is 5.85. The van der Waals surface area contributed by atoms with Crippen LogP contribution < -0.4 is 4.72 Å². The summed E-state index contributed by atoms with van der Waals surface area (Å²) in [4.78, 5) is 14.6. The minimum Gasteiger partial charge on any atom is -0.339 e. The SMILES string of the molecule is CC(C)Cc1ccc(S(=O)(=O)Nc2ccc(C(=O)N3CCCCC3)cc2)cc1. The van der Waals surface area contributed by atoms with Crippen LogP contribution in [0.2, 0.25) is 0 Å². The number of anilines is 1. The summed E-state index contributed by atoms with van der Waals surface area (Å²) < 4.78 is 27.8. The monoisotopic (exact) mass is 400 g/mol. The highest BCUT2D eigenvalue weighted by Crippen LogP contribution is 2.20.